The minimum absolute atomic E-state index is 0.264. The normalized spacial score (nSPS) is 12.8. The third-order valence-electron chi connectivity index (χ3n) is 1.72. The summed E-state index contributed by atoms with van der Waals surface area (Å²) in [5, 5.41) is 10.7. The fourth-order valence-corrected chi connectivity index (χ4v) is 1.60. The molecule has 1 aromatic heterocycles. The van der Waals surface area contributed by atoms with Crippen LogP contribution in [0.2, 0.25) is 0 Å². The molecular formula is C8H15N3OS. The molecule has 5 heteroatoms. The predicted octanol–water partition coefficient (Wildman–Crippen LogP) is 0.932. The first kappa shape index (κ1) is 10.3. The lowest BCUT2D eigenvalue weighted by Gasteiger charge is -2.16. The highest BCUT2D eigenvalue weighted by molar-refractivity contribution is 7.19. The summed E-state index contributed by atoms with van der Waals surface area (Å²) in [7, 11) is 1.95. The number of nitrogens with two attached hydrogens (primary N) is 1. The molecule has 3 N–H and O–H groups in total. The summed E-state index contributed by atoms with van der Waals surface area (Å²) in [5.74, 6) is 0. The molecule has 0 aromatic carbocycles. The van der Waals surface area contributed by atoms with Crippen molar-refractivity contribution in [3.05, 3.63) is 6.20 Å². The minimum atomic E-state index is -0.264. The first-order valence-corrected chi connectivity index (χ1v) is 5.01. The van der Waals surface area contributed by atoms with E-state index in [2.05, 4.69) is 4.98 Å². The molecule has 0 saturated carbocycles. The zero-order chi connectivity index (χ0) is 9.84. The molecule has 0 saturated heterocycles. The first-order valence-electron chi connectivity index (χ1n) is 4.20. The molecule has 0 aliphatic rings. The summed E-state index contributed by atoms with van der Waals surface area (Å²) in [6.07, 6.45) is 2.13. The number of rotatable bonds is 4. The van der Waals surface area contributed by atoms with Crippen molar-refractivity contribution in [1.29, 1.82) is 0 Å². The van der Waals surface area contributed by atoms with E-state index in [1.807, 2.05) is 11.9 Å². The van der Waals surface area contributed by atoms with Crippen molar-refractivity contribution in [3.8, 4) is 0 Å². The second-order valence-electron chi connectivity index (χ2n) is 3.10. The van der Waals surface area contributed by atoms with Gasteiger partial charge in [-0.2, -0.15) is 0 Å². The number of nitrogens with zero attached hydrogens (tertiary/aromatic N) is 2. The SMILES string of the molecule is CC(O)CCN(C)c1ncc(N)s1. The lowest BCUT2D eigenvalue weighted by molar-refractivity contribution is 0.187. The largest absolute Gasteiger partial charge is 0.393 e. The Labute approximate surface area is 82.0 Å². The number of thiazole rings is 1. The molecule has 1 unspecified atom stereocenters. The number of aromatic nitrogens is 1. The van der Waals surface area contributed by atoms with Crippen molar-refractivity contribution >= 4 is 21.5 Å². The zero-order valence-electron chi connectivity index (χ0n) is 7.90. The van der Waals surface area contributed by atoms with Crippen molar-refractivity contribution in [2.24, 2.45) is 0 Å². The van der Waals surface area contributed by atoms with Gasteiger partial charge in [-0.15, -0.1) is 0 Å². The predicted molar refractivity (Wildman–Crippen MR) is 56.1 cm³/mol. The molecule has 0 aliphatic heterocycles. The Morgan fingerprint density at radius 2 is 2.46 bits per heavy atom. The molecule has 74 valence electrons. The molecule has 0 aliphatic carbocycles. The summed E-state index contributed by atoms with van der Waals surface area (Å²) in [5.41, 5.74) is 5.55. The molecule has 0 amide bonds. The molecule has 0 radical (unpaired) electrons. The standard InChI is InChI=1S/C8H15N3OS/c1-6(12)3-4-11(2)8-10-5-7(9)13-8/h5-6,12H,3-4,9H2,1-2H3. The Morgan fingerprint density at radius 1 is 1.77 bits per heavy atom. The smallest absolute Gasteiger partial charge is 0.186 e. The number of aliphatic hydroxyl groups is 1. The summed E-state index contributed by atoms with van der Waals surface area (Å²) in [6.45, 7) is 2.58. The van der Waals surface area contributed by atoms with Gasteiger partial charge >= 0.3 is 0 Å². The van der Waals surface area contributed by atoms with Crippen LogP contribution in [0.15, 0.2) is 6.20 Å². The van der Waals surface area contributed by atoms with Gasteiger partial charge < -0.3 is 15.7 Å². The van der Waals surface area contributed by atoms with Crippen molar-refractivity contribution in [2.45, 2.75) is 19.4 Å². The van der Waals surface area contributed by atoms with Gasteiger partial charge in [0.05, 0.1) is 12.3 Å². The fourth-order valence-electron chi connectivity index (χ4n) is 0.930. The molecular weight excluding hydrogens is 186 g/mol. The van der Waals surface area contributed by atoms with E-state index in [0.29, 0.717) is 0 Å². The quantitative estimate of drug-likeness (QED) is 0.761. The van der Waals surface area contributed by atoms with Gasteiger partial charge in [0, 0.05) is 13.6 Å². The van der Waals surface area contributed by atoms with Crippen LogP contribution in [0.4, 0.5) is 10.1 Å². The highest BCUT2D eigenvalue weighted by Gasteiger charge is 2.06. The van der Waals surface area contributed by atoms with Gasteiger partial charge in [-0.1, -0.05) is 11.3 Å². The molecule has 13 heavy (non-hydrogen) atoms. The van der Waals surface area contributed by atoms with Gasteiger partial charge in [-0.25, -0.2) is 4.98 Å². The minimum Gasteiger partial charge on any atom is -0.393 e. The molecule has 1 aromatic rings. The lowest BCUT2D eigenvalue weighted by atomic mass is 10.3. The zero-order valence-corrected chi connectivity index (χ0v) is 8.71. The van der Waals surface area contributed by atoms with E-state index in [0.717, 1.165) is 23.1 Å². The maximum Gasteiger partial charge on any atom is 0.186 e. The van der Waals surface area contributed by atoms with Crippen LogP contribution in [-0.4, -0.2) is 29.8 Å². The Balaban J connectivity index is 2.44. The molecule has 0 spiro atoms. The molecule has 1 heterocycles. The van der Waals surface area contributed by atoms with Gasteiger partial charge in [0.2, 0.25) is 0 Å². The van der Waals surface area contributed by atoms with Crippen LogP contribution in [0, 0.1) is 0 Å². The monoisotopic (exact) mass is 201 g/mol. The van der Waals surface area contributed by atoms with Crippen LogP contribution in [0.5, 0.6) is 0 Å². The molecule has 1 atom stereocenters. The van der Waals surface area contributed by atoms with Crippen molar-refractivity contribution in [1.82, 2.24) is 4.98 Å². The molecule has 4 nitrogen and oxygen atoms in total. The second kappa shape index (κ2) is 4.43. The van der Waals surface area contributed by atoms with Gasteiger partial charge in [0.15, 0.2) is 5.13 Å². The molecule has 1 rings (SSSR count). The van der Waals surface area contributed by atoms with Gasteiger partial charge in [-0.05, 0) is 13.3 Å². The van der Waals surface area contributed by atoms with E-state index in [1.165, 1.54) is 11.3 Å². The van der Waals surface area contributed by atoms with Crippen LogP contribution >= 0.6 is 11.3 Å². The number of hydrogen-bond acceptors (Lipinski definition) is 5. The molecule has 0 fully saturated rings. The van der Waals surface area contributed by atoms with Crippen LogP contribution in [-0.2, 0) is 0 Å². The fraction of sp³-hybridized carbons (Fsp3) is 0.625. The van der Waals surface area contributed by atoms with Crippen molar-refractivity contribution < 1.29 is 5.11 Å². The third kappa shape index (κ3) is 3.20. The van der Waals surface area contributed by atoms with Crippen LogP contribution in [0.3, 0.4) is 0 Å². The van der Waals surface area contributed by atoms with Gasteiger partial charge in [0.1, 0.15) is 5.00 Å². The topological polar surface area (TPSA) is 62.4 Å². The molecule has 0 bridgehead atoms. The van der Waals surface area contributed by atoms with Crippen molar-refractivity contribution in [2.75, 3.05) is 24.2 Å². The Morgan fingerprint density at radius 3 is 2.92 bits per heavy atom. The van der Waals surface area contributed by atoms with Gasteiger partial charge in [-0.3, -0.25) is 0 Å². The number of hydrogen-bond donors (Lipinski definition) is 2. The average molecular weight is 201 g/mol. The number of aliphatic hydroxyl groups excluding tert-OH is 1. The van der Waals surface area contributed by atoms with E-state index in [-0.39, 0.29) is 6.10 Å². The highest BCUT2D eigenvalue weighted by atomic mass is 32.1. The first-order chi connectivity index (χ1) is 6.09. The van der Waals surface area contributed by atoms with E-state index < -0.39 is 0 Å². The van der Waals surface area contributed by atoms with E-state index >= 15 is 0 Å². The van der Waals surface area contributed by atoms with E-state index in [1.54, 1.807) is 13.1 Å². The highest BCUT2D eigenvalue weighted by Crippen LogP contribution is 2.22. The van der Waals surface area contributed by atoms with Crippen LogP contribution in [0.1, 0.15) is 13.3 Å². The Kier molecular flexibility index (Phi) is 3.50. The van der Waals surface area contributed by atoms with E-state index in [9.17, 15) is 0 Å². The maximum atomic E-state index is 9.09. The van der Waals surface area contributed by atoms with Crippen LogP contribution in [0.25, 0.3) is 0 Å². The summed E-state index contributed by atoms with van der Waals surface area (Å²) in [4.78, 5) is 6.13. The summed E-state index contributed by atoms with van der Waals surface area (Å²) >= 11 is 1.46. The number of anilines is 2. The lowest BCUT2D eigenvalue weighted by Crippen LogP contribution is -2.21. The van der Waals surface area contributed by atoms with Crippen molar-refractivity contribution in [3.63, 3.8) is 0 Å². The Hall–Kier alpha value is -0.810. The van der Waals surface area contributed by atoms with Crippen LogP contribution < -0.4 is 10.6 Å². The maximum absolute atomic E-state index is 9.09. The Bertz CT molecular complexity index is 262. The second-order valence-corrected chi connectivity index (χ2v) is 4.15. The average Bonchev–Trinajstić information content (AvgIpc) is 2.47. The summed E-state index contributed by atoms with van der Waals surface area (Å²) in [6, 6.07) is 0. The third-order valence-corrected chi connectivity index (χ3v) is 2.66. The number of nitrogen functional groups attached to an aromatic ring is 1. The van der Waals surface area contributed by atoms with E-state index in [4.69, 9.17) is 10.8 Å². The van der Waals surface area contributed by atoms with Gasteiger partial charge in [0.25, 0.3) is 0 Å². The summed E-state index contributed by atoms with van der Waals surface area (Å²) < 4.78 is 0.